The smallest absolute Gasteiger partial charge is 0.307 e. The molecule has 1 heterocycles. The van der Waals surface area contributed by atoms with Gasteiger partial charge in [-0.15, -0.1) is 0 Å². The number of rotatable bonds is 5. The molecular weight excluding hydrogens is 366 g/mol. The Morgan fingerprint density at radius 2 is 1.92 bits per heavy atom. The van der Waals surface area contributed by atoms with Crippen LogP contribution in [0, 0.1) is 0 Å². The Bertz CT molecular complexity index is 881. The lowest BCUT2D eigenvalue weighted by Gasteiger charge is -2.09. The van der Waals surface area contributed by atoms with Crippen molar-refractivity contribution < 1.29 is 9.90 Å². The maximum atomic E-state index is 11.4. The predicted octanol–water partition coefficient (Wildman–Crippen LogP) is 5.74. The fourth-order valence-electron chi connectivity index (χ4n) is 3.01. The first-order valence-corrected chi connectivity index (χ1v) is 8.91. The van der Waals surface area contributed by atoms with Gasteiger partial charge in [-0.05, 0) is 53.3 Å². The summed E-state index contributed by atoms with van der Waals surface area (Å²) in [5.74, 6) is -0.360. The molecule has 124 valence electrons. The number of aromatic amines is 1. The topological polar surface area (TPSA) is 53.1 Å². The van der Waals surface area contributed by atoms with Crippen molar-refractivity contribution in [3.63, 3.8) is 0 Å². The molecule has 0 radical (unpaired) electrons. The zero-order chi connectivity index (χ0) is 17.3. The molecule has 0 saturated heterocycles. The second-order valence-corrected chi connectivity index (χ2v) is 7.09. The summed E-state index contributed by atoms with van der Waals surface area (Å²) in [5, 5.41) is 10.4. The van der Waals surface area contributed by atoms with Crippen LogP contribution < -0.4 is 0 Å². The minimum Gasteiger partial charge on any atom is -0.481 e. The van der Waals surface area contributed by atoms with Crippen LogP contribution in [0.5, 0.6) is 0 Å². The summed E-state index contributed by atoms with van der Waals surface area (Å²) >= 11 is 3.44. The van der Waals surface area contributed by atoms with Crippen LogP contribution >= 0.6 is 15.9 Å². The standard InChI is InChI=1S/C20H20BrNO2/c1-3-12(2)14-6-9-18-16(10-14)17(11-19(23)24)20(22-18)13-4-7-15(21)8-5-13/h4-10,12,22H,3,11H2,1-2H3,(H,23,24). The van der Waals surface area contributed by atoms with Gasteiger partial charge in [0.1, 0.15) is 0 Å². The van der Waals surface area contributed by atoms with Gasteiger partial charge in [0.2, 0.25) is 0 Å². The molecular formula is C20H20BrNO2. The lowest BCUT2D eigenvalue weighted by atomic mass is 9.95. The van der Waals surface area contributed by atoms with Gasteiger partial charge in [-0.3, -0.25) is 4.79 Å². The number of aliphatic carboxylic acids is 1. The van der Waals surface area contributed by atoms with Gasteiger partial charge >= 0.3 is 5.97 Å². The van der Waals surface area contributed by atoms with Crippen LogP contribution in [0.3, 0.4) is 0 Å². The van der Waals surface area contributed by atoms with E-state index >= 15 is 0 Å². The molecule has 2 N–H and O–H groups in total. The molecule has 1 unspecified atom stereocenters. The lowest BCUT2D eigenvalue weighted by Crippen LogP contribution is -2.01. The first-order valence-electron chi connectivity index (χ1n) is 8.11. The van der Waals surface area contributed by atoms with Crippen LogP contribution in [0.25, 0.3) is 22.2 Å². The molecule has 24 heavy (non-hydrogen) atoms. The Morgan fingerprint density at radius 3 is 2.54 bits per heavy atom. The second-order valence-electron chi connectivity index (χ2n) is 6.17. The summed E-state index contributed by atoms with van der Waals surface area (Å²) in [6.07, 6.45) is 1.07. The lowest BCUT2D eigenvalue weighted by molar-refractivity contribution is -0.136. The Labute approximate surface area is 149 Å². The number of hydrogen-bond donors (Lipinski definition) is 2. The number of carboxylic acid groups (broad SMARTS) is 1. The molecule has 3 nitrogen and oxygen atoms in total. The van der Waals surface area contributed by atoms with Gasteiger partial charge in [0.15, 0.2) is 0 Å². The third kappa shape index (κ3) is 3.24. The normalized spacial score (nSPS) is 12.5. The number of nitrogens with one attached hydrogen (secondary N) is 1. The third-order valence-corrected chi connectivity index (χ3v) is 5.10. The highest BCUT2D eigenvalue weighted by molar-refractivity contribution is 9.10. The third-order valence-electron chi connectivity index (χ3n) is 4.57. The van der Waals surface area contributed by atoms with Gasteiger partial charge in [-0.2, -0.15) is 0 Å². The highest BCUT2D eigenvalue weighted by atomic mass is 79.9. The largest absolute Gasteiger partial charge is 0.481 e. The predicted molar refractivity (Wildman–Crippen MR) is 101 cm³/mol. The van der Waals surface area contributed by atoms with Crippen molar-refractivity contribution in [2.24, 2.45) is 0 Å². The van der Waals surface area contributed by atoms with Crippen LogP contribution in [-0.2, 0) is 11.2 Å². The van der Waals surface area contributed by atoms with E-state index in [1.807, 2.05) is 24.3 Å². The SMILES string of the molecule is CCC(C)c1ccc2[nH]c(-c3ccc(Br)cc3)c(CC(=O)O)c2c1. The number of carboxylic acids is 1. The zero-order valence-electron chi connectivity index (χ0n) is 13.8. The highest BCUT2D eigenvalue weighted by Crippen LogP contribution is 2.33. The summed E-state index contributed by atoms with van der Waals surface area (Å²) < 4.78 is 1.00. The first kappa shape index (κ1) is 16.8. The molecule has 0 aliphatic rings. The van der Waals surface area contributed by atoms with Gasteiger partial charge in [0, 0.05) is 15.4 Å². The highest BCUT2D eigenvalue weighted by Gasteiger charge is 2.17. The van der Waals surface area contributed by atoms with E-state index in [-0.39, 0.29) is 6.42 Å². The van der Waals surface area contributed by atoms with Gasteiger partial charge in [0.25, 0.3) is 0 Å². The monoisotopic (exact) mass is 385 g/mol. The van der Waals surface area contributed by atoms with E-state index in [1.165, 1.54) is 5.56 Å². The van der Waals surface area contributed by atoms with Crippen LogP contribution in [-0.4, -0.2) is 16.1 Å². The number of halogens is 1. The van der Waals surface area contributed by atoms with Gasteiger partial charge in [-0.25, -0.2) is 0 Å². The number of H-pyrrole nitrogens is 1. The fraction of sp³-hybridized carbons (Fsp3) is 0.250. The Morgan fingerprint density at radius 1 is 1.21 bits per heavy atom. The van der Waals surface area contributed by atoms with Gasteiger partial charge in [-0.1, -0.05) is 48.0 Å². The van der Waals surface area contributed by atoms with Gasteiger partial charge < -0.3 is 10.1 Å². The van der Waals surface area contributed by atoms with Crippen molar-refractivity contribution in [2.45, 2.75) is 32.6 Å². The van der Waals surface area contributed by atoms with Crippen molar-refractivity contribution >= 4 is 32.8 Å². The van der Waals surface area contributed by atoms with E-state index in [0.29, 0.717) is 5.92 Å². The molecule has 0 bridgehead atoms. The van der Waals surface area contributed by atoms with Crippen LogP contribution in [0.4, 0.5) is 0 Å². The number of aromatic nitrogens is 1. The minimum absolute atomic E-state index is 0.00928. The second kappa shape index (κ2) is 6.81. The summed E-state index contributed by atoms with van der Waals surface area (Å²) in [5.41, 5.74) is 4.97. The quantitative estimate of drug-likeness (QED) is 0.588. The van der Waals surface area contributed by atoms with Crippen molar-refractivity contribution in [1.29, 1.82) is 0 Å². The molecule has 3 aromatic rings. The molecule has 3 rings (SSSR count). The minimum atomic E-state index is -0.816. The number of carbonyl (C=O) groups is 1. The van der Waals surface area contributed by atoms with E-state index in [1.54, 1.807) is 0 Å². The Balaban J connectivity index is 2.20. The molecule has 2 aromatic carbocycles. The van der Waals surface area contributed by atoms with Crippen LogP contribution in [0.15, 0.2) is 46.9 Å². The van der Waals surface area contributed by atoms with Crippen molar-refractivity contribution in [2.75, 3.05) is 0 Å². The number of fused-ring (bicyclic) bond motifs is 1. The number of hydrogen-bond acceptors (Lipinski definition) is 1. The number of benzene rings is 2. The maximum absolute atomic E-state index is 11.4. The van der Waals surface area contributed by atoms with E-state index < -0.39 is 5.97 Å². The van der Waals surface area contributed by atoms with Crippen LogP contribution in [0.2, 0.25) is 0 Å². The average Bonchev–Trinajstić information content (AvgIpc) is 2.92. The molecule has 0 fully saturated rings. The summed E-state index contributed by atoms with van der Waals surface area (Å²) in [4.78, 5) is 14.8. The average molecular weight is 386 g/mol. The maximum Gasteiger partial charge on any atom is 0.307 e. The van der Waals surface area contributed by atoms with E-state index in [0.717, 1.165) is 38.6 Å². The summed E-state index contributed by atoms with van der Waals surface area (Å²) in [6.45, 7) is 4.36. The molecule has 1 aromatic heterocycles. The molecule has 0 amide bonds. The molecule has 0 aliphatic heterocycles. The van der Waals surface area contributed by atoms with E-state index in [9.17, 15) is 9.90 Å². The molecule has 4 heteroatoms. The Hall–Kier alpha value is -2.07. The zero-order valence-corrected chi connectivity index (χ0v) is 15.4. The molecule has 0 saturated carbocycles. The first-order chi connectivity index (χ1) is 11.5. The van der Waals surface area contributed by atoms with Gasteiger partial charge in [0.05, 0.1) is 12.1 Å². The van der Waals surface area contributed by atoms with E-state index in [4.69, 9.17) is 0 Å². The van der Waals surface area contributed by atoms with Crippen molar-refractivity contribution in [3.8, 4) is 11.3 Å². The Kier molecular flexibility index (Phi) is 4.76. The fourth-order valence-corrected chi connectivity index (χ4v) is 3.27. The van der Waals surface area contributed by atoms with Crippen LogP contribution in [0.1, 0.15) is 37.3 Å². The van der Waals surface area contributed by atoms with E-state index in [2.05, 4.69) is 53.0 Å². The molecule has 0 aliphatic carbocycles. The summed E-state index contributed by atoms with van der Waals surface area (Å²) in [6, 6.07) is 14.3. The summed E-state index contributed by atoms with van der Waals surface area (Å²) in [7, 11) is 0. The molecule has 1 atom stereocenters. The van der Waals surface area contributed by atoms with Crippen molar-refractivity contribution in [1.82, 2.24) is 4.98 Å². The van der Waals surface area contributed by atoms with Crippen molar-refractivity contribution in [3.05, 3.63) is 58.1 Å². The molecule has 0 spiro atoms.